The Morgan fingerprint density at radius 3 is 2.45 bits per heavy atom. The first kappa shape index (κ1) is 20.0. The number of rotatable bonds is 6. The first-order valence-corrected chi connectivity index (χ1v) is 9.02. The van der Waals surface area contributed by atoms with Gasteiger partial charge in [0.2, 0.25) is 0 Å². The number of carbonyl (C=O) groups excluding carboxylic acids is 2. The van der Waals surface area contributed by atoms with Crippen LogP contribution in [0, 0.1) is 6.92 Å². The lowest BCUT2D eigenvalue weighted by atomic mass is 10.1. The van der Waals surface area contributed by atoms with Gasteiger partial charge in [-0.3, -0.25) is 14.4 Å². The zero-order valence-corrected chi connectivity index (χ0v) is 16.3. The predicted molar refractivity (Wildman–Crippen MR) is 107 cm³/mol. The van der Waals surface area contributed by atoms with Crippen LogP contribution >= 0.6 is 0 Å². The first-order valence-electron chi connectivity index (χ1n) is 9.02. The Morgan fingerprint density at radius 1 is 1.14 bits per heavy atom. The van der Waals surface area contributed by atoms with Crippen LogP contribution in [-0.2, 0) is 4.79 Å². The van der Waals surface area contributed by atoms with Crippen molar-refractivity contribution < 1.29 is 19.5 Å². The fourth-order valence-corrected chi connectivity index (χ4v) is 2.83. The van der Waals surface area contributed by atoms with Gasteiger partial charge in [-0.1, -0.05) is 0 Å². The molecule has 3 rings (SSSR count). The highest BCUT2D eigenvalue weighted by Crippen LogP contribution is 2.20. The molecule has 3 N–H and O–H groups in total. The lowest BCUT2D eigenvalue weighted by Gasteiger charge is -2.10. The maximum absolute atomic E-state index is 12.7. The lowest BCUT2D eigenvalue weighted by Crippen LogP contribution is -2.29. The largest absolute Gasteiger partial charge is 0.480 e. The molecule has 2 heterocycles. The number of hydrogen-bond donors (Lipinski definition) is 3. The number of aryl methyl sites for hydroxylation is 1. The van der Waals surface area contributed by atoms with E-state index in [1.165, 1.54) is 12.1 Å². The van der Waals surface area contributed by atoms with Gasteiger partial charge in [0.1, 0.15) is 6.54 Å². The second kappa shape index (κ2) is 8.09. The molecule has 150 valence electrons. The van der Waals surface area contributed by atoms with Crippen molar-refractivity contribution in [3.63, 3.8) is 0 Å². The number of nitrogens with zero attached hydrogens (tertiary/aromatic N) is 3. The van der Waals surface area contributed by atoms with E-state index >= 15 is 0 Å². The Hall–Kier alpha value is -3.75. The minimum atomic E-state index is -1.12. The molecule has 0 aliphatic carbocycles. The Labute approximate surface area is 166 Å². The van der Waals surface area contributed by atoms with E-state index in [9.17, 15) is 14.4 Å². The maximum Gasteiger partial charge on any atom is 0.322 e. The highest BCUT2D eigenvalue weighted by molar-refractivity contribution is 6.07. The van der Waals surface area contributed by atoms with Crippen molar-refractivity contribution in [1.29, 1.82) is 0 Å². The number of carboxylic acid groups (broad SMARTS) is 1. The van der Waals surface area contributed by atoms with Crippen LogP contribution in [0.2, 0.25) is 0 Å². The normalized spacial score (nSPS) is 10.9. The van der Waals surface area contributed by atoms with E-state index in [2.05, 4.69) is 20.7 Å². The molecule has 0 bridgehead atoms. The molecular formula is C20H21N5O4. The van der Waals surface area contributed by atoms with Gasteiger partial charge in [0.15, 0.2) is 5.65 Å². The highest BCUT2D eigenvalue weighted by Gasteiger charge is 2.16. The van der Waals surface area contributed by atoms with Crippen molar-refractivity contribution in [3.05, 3.63) is 53.3 Å². The number of fused-ring (bicyclic) bond motifs is 1. The third-order valence-electron chi connectivity index (χ3n) is 4.30. The van der Waals surface area contributed by atoms with Crippen LogP contribution in [0.3, 0.4) is 0 Å². The number of amides is 2. The van der Waals surface area contributed by atoms with Gasteiger partial charge in [0.25, 0.3) is 11.8 Å². The number of nitrogens with one attached hydrogen (secondary N) is 2. The van der Waals surface area contributed by atoms with Crippen LogP contribution in [0.15, 0.2) is 36.5 Å². The molecular weight excluding hydrogens is 374 g/mol. The van der Waals surface area contributed by atoms with E-state index in [0.29, 0.717) is 22.5 Å². The zero-order valence-electron chi connectivity index (χ0n) is 16.3. The molecule has 0 fully saturated rings. The summed E-state index contributed by atoms with van der Waals surface area (Å²) >= 11 is 0. The van der Waals surface area contributed by atoms with Gasteiger partial charge >= 0.3 is 5.97 Å². The van der Waals surface area contributed by atoms with Crippen LogP contribution in [0.25, 0.3) is 11.0 Å². The summed E-state index contributed by atoms with van der Waals surface area (Å²) in [5.74, 6) is -1.95. The SMILES string of the molecule is Cc1nc2c(cnn2C(C)C)cc1C(=O)Nc1ccc(C(=O)NCC(=O)O)cc1. The molecule has 3 aromatic rings. The summed E-state index contributed by atoms with van der Waals surface area (Å²) in [6.07, 6.45) is 1.68. The third kappa shape index (κ3) is 4.40. The van der Waals surface area contributed by atoms with Gasteiger partial charge in [0, 0.05) is 22.7 Å². The van der Waals surface area contributed by atoms with Crippen molar-refractivity contribution in [2.24, 2.45) is 0 Å². The average molecular weight is 395 g/mol. The number of pyridine rings is 1. The van der Waals surface area contributed by atoms with Gasteiger partial charge in [0.05, 0.1) is 17.5 Å². The fourth-order valence-electron chi connectivity index (χ4n) is 2.83. The summed E-state index contributed by atoms with van der Waals surface area (Å²) in [7, 11) is 0. The Bertz CT molecular complexity index is 1090. The number of hydrogen-bond acceptors (Lipinski definition) is 5. The fraction of sp³-hybridized carbons (Fsp3) is 0.250. The molecule has 0 saturated carbocycles. The quantitative estimate of drug-likeness (QED) is 0.588. The van der Waals surface area contributed by atoms with Crippen molar-refractivity contribution in [2.45, 2.75) is 26.8 Å². The number of anilines is 1. The Balaban J connectivity index is 1.75. The van der Waals surface area contributed by atoms with Crippen LogP contribution in [0.5, 0.6) is 0 Å². The van der Waals surface area contributed by atoms with E-state index in [1.807, 2.05) is 13.8 Å². The molecule has 0 spiro atoms. The summed E-state index contributed by atoms with van der Waals surface area (Å²) in [6, 6.07) is 8.08. The summed E-state index contributed by atoms with van der Waals surface area (Å²) in [5, 5.41) is 18.8. The highest BCUT2D eigenvalue weighted by atomic mass is 16.4. The van der Waals surface area contributed by atoms with Crippen molar-refractivity contribution >= 4 is 34.5 Å². The van der Waals surface area contributed by atoms with E-state index in [-0.39, 0.29) is 11.9 Å². The molecule has 0 unspecified atom stereocenters. The average Bonchev–Trinajstić information content (AvgIpc) is 3.08. The van der Waals surface area contributed by atoms with Gasteiger partial charge in [-0.05, 0) is 51.1 Å². The summed E-state index contributed by atoms with van der Waals surface area (Å²) in [4.78, 5) is 39.6. The Morgan fingerprint density at radius 2 is 1.83 bits per heavy atom. The molecule has 0 saturated heterocycles. The molecule has 0 atom stereocenters. The second-order valence-electron chi connectivity index (χ2n) is 6.82. The van der Waals surface area contributed by atoms with Crippen molar-refractivity contribution in [2.75, 3.05) is 11.9 Å². The van der Waals surface area contributed by atoms with Gasteiger partial charge in [-0.2, -0.15) is 5.10 Å². The van der Waals surface area contributed by atoms with Crippen LogP contribution < -0.4 is 10.6 Å². The van der Waals surface area contributed by atoms with Gasteiger partial charge < -0.3 is 15.7 Å². The minimum absolute atomic E-state index is 0.158. The number of aromatic nitrogens is 3. The van der Waals surface area contributed by atoms with Gasteiger partial charge in [-0.15, -0.1) is 0 Å². The van der Waals surface area contributed by atoms with E-state index in [4.69, 9.17) is 5.11 Å². The van der Waals surface area contributed by atoms with Crippen LogP contribution in [0.4, 0.5) is 5.69 Å². The monoisotopic (exact) mass is 395 g/mol. The van der Waals surface area contributed by atoms with Gasteiger partial charge in [-0.25, -0.2) is 9.67 Å². The molecule has 9 nitrogen and oxygen atoms in total. The molecule has 0 aliphatic rings. The molecule has 0 radical (unpaired) electrons. The summed E-state index contributed by atoms with van der Waals surface area (Å²) < 4.78 is 1.80. The standard InChI is InChI=1S/C20H21N5O4/c1-11(2)25-18-14(9-22-25)8-16(12(3)23-18)20(29)24-15-6-4-13(5-7-15)19(28)21-10-17(26)27/h4-9,11H,10H2,1-3H3,(H,21,28)(H,24,29)(H,26,27). The predicted octanol–water partition coefficient (Wildman–Crippen LogP) is 2.39. The van der Waals surface area contributed by atoms with E-state index in [0.717, 1.165) is 11.0 Å². The maximum atomic E-state index is 12.7. The molecule has 1 aromatic carbocycles. The number of carbonyl (C=O) groups is 3. The number of aliphatic carboxylic acids is 1. The van der Waals surface area contributed by atoms with E-state index in [1.54, 1.807) is 36.0 Å². The minimum Gasteiger partial charge on any atom is -0.480 e. The number of benzene rings is 1. The summed E-state index contributed by atoms with van der Waals surface area (Å²) in [6.45, 7) is 5.33. The second-order valence-corrected chi connectivity index (χ2v) is 6.82. The number of carboxylic acids is 1. The molecule has 2 amide bonds. The molecule has 9 heteroatoms. The van der Waals surface area contributed by atoms with Crippen molar-refractivity contribution in [1.82, 2.24) is 20.1 Å². The van der Waals surface area contributed by atoms with Crippen LogP contribution in [-0.4, -0.2) is 44.2 Å². The zero-order chi connectivity index (χ0) is 21.1. The topological polar surface area (TPSA) is 126 Å². The summed E-state index contributed by atoms with van der Waals surface area (Å²) in [5.41, 5.74) is 2.55. The Kier molecular flexibility index (Phi) is 5.58. The van der Waals surface area contributed by atoms with Crippen molar-refractivity contribution in [3.8, 4) is 0 Å². The van der Waals surface area contributed by atoms with Crippen LogP contribution in [0.1, 0.15) is 46.3 Å². The molecule has 0 aliphatic heterocycles. The lowest BCUT2D eigenvalue weighted by molar-refractivity contribution is -0.135. The third-order valence-corrected chi connectivity index (χ3v) is 4.30. The van der Waals surface area contributed by atoms with E-state index < -0.39 is 18.4 Å². The first-order chi connectivity index (χ1) is 13.8. The molecule has 29 heavy (non-hydrogen) atoms. The molecule has 2 aromatic heterocycles. The smallest absolute Gasteiger partial charge is 0.322 e.